The predicted molar refractivity (Wildman–Crippen MR) is 150 cm³/mol. The molecule has 10 heteroatoms. The molecule has 9 nitrogen and oxygen atoms in total. The van der Waals surface area contributed by atoms with Crippen molar-refractivity contribution >= 4 is 23.1 Å². The van der Waals surface area contributed by atoms with E-state index in [9.17, 15) is 4.79 Å². The number of hydrogen-bond acceptors (Lipinski definition) is 8. The van der Waals surface area contributed by atoms with Crippen LogP contribution in [0.1, 0.15) is 39.8 Å². The van der Waals surface area contributed by atoms with E-state index in [4.69, 9.17) is 9.52 Å². The van der Waals surface area contributed by atoms with E-state index in [0.717, 1.165) is 55.1 Å². The van der Waals surface area contributed by atoms with Crippen molar-refractivity contribution in [2.45, 2.75) is 39.3 Å². The fraction of sp³-hybridized carbons (Fsp3) is 0.276. The number of aryl methyl sites for hydroxylation is 2. The summed E-state index contributed by atoms with van der Waals surface area (Å²) in [6.45, 7) is 6.38. The summed E-state index contributed by atoms with van der Waals surface area (Å²) >= 11 is 1.46. The Bertz CT molecular complexity index is 1570. The second kappa shape index (κ2) is 10.9. The van der Waals surface area contributed by atoms with Gasteiger partial charge in [-0.2, -0.15) is 0 Å². The molecule has 5 aromatic rings. The smallest absolute Gasteiger partial charge is 0.269 e. The number of nitrogens with zero attached hydrogens (tertiary/aromatic N) is 7. The fourth-order valence-corrected chi connectivity index (χ4v) is 5.67. The Hall–Kier alpha value is -4.15. The van der Waals surface area contributed by atoms with Crippen molar-refractivity contribution in [3.8, 4) is 17.1 Å². The molecule has 1 saturated heterocycles. The number of rotatable bonds is 7. The molecule has 4 aromatic heterocycles. The molecule has 0 saturated carbocycles. The second-order valence-electron chi connectivity index (χ2n) is 9.73. The van der Waals surface area contributed by atoms with E-state index in [1.165, 1.54) is 11.3 Å². The number of piperidine rings is 1. The number of benzene rings is 1. The quantitative estimate of drug-likeness (QED) is 0.277. The van der Waals surface area contributed by atoms with Crippen molar-refractivity contribution < 1.29 is 9.21 Å². The van der Waals surface area contributed by atoms with Crippen LogP contribution >= 0.6 is 11.3 Å². The van der Waals surface area contributed by atoms with Crippen molar-refractivity contribution in [3.05, 3.63) is 94.4 Å². The predicted octanol–water partition coefficient (Wildman–Crippen LogP) is 5.31. The number of hydrogen-bond donors (Lipinski definition) is 0. The molecule has 0 radical (unpaired) electrons. The van der Waals surface area contributed by atoms with Crippen LogP contribution in [0, 0.1) is 13.8 Å². The highest BCUT2D eigenvalue weighted by Gasteiger charge is 2.32. The van der Waals surface area contributed by atoms with Gasteiger partial charge in [-0.25, -0.2) is 4.68 Å². The van der Waals surface area contributed by atoms with E-state index >= 15 is 0 Å². The van der Waals surface area contributed by atoms with Crippen molar-refractivity contribution in [2.24, 2.45) is 0 Å². The van der Waals surface area contributed by atoms with Gasteiger partial charge in [0.2, 0.25) is 11.8 Å². The Morgan fingerprint density at radius 1 is 1.05 bits per heavy atom. The molecular weight excluding hydrogens is 510 g/mol. The number of carbonyl (C=O) groups excluding carboxylic acids is 1. The lowest BCUT2D eigenvalue weighted by Gasteiger charge is -2.37. The molecule has 39 heavy (non-hydrogen) atoms. The highest BCUT2D eigenvalue weighted by molar-refractivity contribution is 7.12. The third-order valence-corrected chi connectivity index (χ3v) is 7.77. The summed E-state index contributed by atoms with van der Waals surface area (Å²) in [6, 6.07) is 19.7. The lowest BCUT2D eigenvalue weighted by atomic mass is 10.0. The zero-order valence-electron chi connectivity index (χ0n) is 21.9. The molecule has 0 atom stereocenters. The van der Waals surface area contributed by atoms with Crippen LogP contribution in [-0.2, 0) is 6.54 Å². The van der Waals surface area contributed by atoms with Gasteiger partial charge in [-0.3, -0.25) is 19.6 Å². The third kappa shape index (κ3) is 5.52. The molecule has 0 bridgehead atoms. The van der Waals surface area contributed by atoms with Crippen molar-refractivity contribution in [1.82, 2.24) is 29.9 Å². The van der Waals surface area contributed by atoms with Crippen LogP contribution in [0.4, 0.5) is 5.82 Å². The van der Waals surface area contributed by atoms with Gasteiger partial charge in [-0.05, 0) is 61.5 Å². The average Bonchev–Trinajstić information content (AvgIpc) is 3.73. The first kappa shape index (κ1) is 25.1. The summed E-state index contributed by atoms with van der Waals surface area (Å²) in [7, 11) is 0. The first-order chi connectivity index (χ1) is 19.0. The molecule has 6 rings (SSSR count). The van der Waals surface area contributed by atoms with Gasteiger partial charge in [-0.15, -0.1) is 26.6 Å². The number of pyridine rings is 1. The minimum atomic E-state index is -0.0101. The van der Waals surface area contributed by atoms with Gasteiger partial charge in [0.25, 0.3) is 5.91 Å². The third-order valence-electron chi connectivity index (χ3n) is 6.91. The summed E-state index contributed by atoms with van der Waals surface area (Å²) in [5.74, 6) is 1.61. The van der Waals surface area contributed by atoms with Gasteiger partial charge >= 0.3 is 0 Å². The van der Waals surface area contributed by atoms with Gasteiger partial charge in [0.1, 0.15) is 0 Å². The van der Waals surface area contributed by atoms with Gasteiger partial charge < -0.3 is 4.42 Å². The Labute approximate surface area is 230 Å². The largest absolute Gasteiger partial charge is 0.421 e. The average molecular weight is 540 g/mol. The summed E-state index contributed by atoms with van der Waals surface area (Å²) < 4.78 is 7.38. The van der Waals surface area contributed by atoms with E-state index in [2.05, 4.69) is 32.2 Å². The number of carbonyl (C=O) groups is 1. The van der Waals surface area contributed by atoms with Gasteiger partial charge in [0.05, 0.1) is 16.3 Å². The maximum absolute atomic E-state index is 13.7. The number of amides is 1. The topological polar surface area (TPSA) is 93.2 Å². The highest BCUT2D eigenvalue weighted by atomic mass is 32.1. The standard InChI is InChI=1S/C29H29N7O2S/c1-20-6-3-8-23(30-20)19-34-14-11-24(12-15-34)36(29(37)26-10-5-17-39-26)27-13-16-35(33-27)25-9-4-7-22(18-25)28-32-31-21(2)38-28/h3-10,13,16-18,24H,11-12,14-15,19H2,1-2H3. The lowest BCUT2D eigenvalue weighted by molar-refractivity contribution is 0.0961. The van der Waals surface area contributed by atoms with Crippen LogP contribution in [-0.4, -0.2) is 54.9 Å². The van der Waals surface area contributed by atoms with E-state index in [0.29, 0.717) is 22.5 Å². The van der Waals surface area contributed by atoms with Gasteiger partial charge in [-0.1, -0.05) is 18.2 Å². The zero-order chi connectivity index (χ0) is 26.8. The number of likely N-dealkylation sites (tertiary alicyclic amines) is 1. The van der Waals surface area contributed by atoms with Crippen molar-refractivity contribution in [1.29, 1.82) is 0 Å². The molecule has 1 aliphatic rings. The Morgan fingerprint density at radius 3 is 2.64 bits per heavy atom. The minimum Gasteiger partial charge on any atom is -0.421 e. The number of aromatic nitrogens is 5. The fourth-order valence-electron chi connectivity index (χ4n) is 5.01. The van der Waals surface area contributed by atoms with Crippen LogP contribution < -0.4 is 4.90 Å². The maximum Gasteiger partial charge on any atom is 0.269 e. The van der Waals surface area contributed by atoms with Crippen molar-refractivity contribution in [2.75, 3.05) is 18.0 Å². The van der Waals surface area contributed by atoms with E-state index in [1.54, 1.807) is 11.6 Å². The van der Waals surface area contributed by atoms with E-state index in [1.807, 2.05) is 71.9 Å². The molecule has 1 aromatic carbocycles. The molecule has 1 amide bonds. The zero-order valence-corrected chi connectivity index (χ0v) is 22.7. The minimum absolute atomic E-state index is 0.0101. The van der Waals surface area contributed by atoms with Crippen LogP contribution in [0.3, 0.4) is 0 Å². The van der Waals surface area contributed by atoms with Crippen LogP contribution in [0.2, 0.25) is 0 Å². The SMILES string of the molecule is Cc1cccc(CN2CCC(N(C(=O)c3cccs3)c3ccn(-c4cccc(-c5nnc(C)o5)c4)n3)CC2)n1. The molecule has 0 unspecified atom stereocenters. The summed E-state index contributed by atoms with van der Waals surface area (Å²) in [5.41, 5.74) is 3.77. The number of thiophene rings is 1. The maximum atomic E-state index is 13.7. The van der Waals surface area contributed by atoms with E-state index < -0.39 is 0 Å². The molecule has 1 aliphatic heterocycles. The van der Waals surface area contributed by atoms with E-state index in [-0.39, 0.29) is 11.9 Å². The molecule has 0 spiro atoms. The second-order valence-corrected chi connectivity index (χ2v) is 10.7. The monoisotopic (exact) mass is 539 g/mol. The van der Waals surface area contributed by atoms with Crippen molar-refractivity contribution in [3.63, 3.8) is 0 Å². The van der Waals surface area contributed by atoms with Gasteiger partial charge in [0, 0.05) is 56.1 Å². The number of anilines is 1. The lowest BCUT2D eigenvalue weighted by Crippen LogP contribution is -2.47. The van der Waals surface area contributed by atoms with Gasteiger partial charge in [0.15, 0.2) is 5.82 Å². The molecule has 198 valence electrons. The molecule has 5 heterocycles. The Morgan fingerprint density at radius 2 is 1.90 bits per heavy atom. The summed E-state index contributed by atoms with van der Waals surface area (Å²) in [5, 5.41) is 14.9. The van der Waals surface area contributed by atoms with Crippen LogP contribution in [0.5, 0.6) is 0 Å². The first-order valence-electron chi connectivity index (χ1n) is 13.0. The summed E-state index contributed by atoms with van der Waals surface area (Å²) in [6.07, 6.45) is 3.62. The highest BCUT2D eigenvalue weighted by Crippen LogP contribution is 2.28. The normalized spacial score (nSPS) is 14.5. The summed E-state index contributed by atoms with van der Waals surface area (Å²) in [4.78, 5) is 23.4. The van der Waals surface area contributed by atoms with Crippen LogP contribution in [0.25, 0.3) is 17.1 Å². The molecule has 0 aliphatic carbocycles. The van der Waals surface area contributed by atoms with Crippen LogP contribution in [0.15, 0.2) is 76.7 Å². The molecule has 0 N–H and O–H groups in total. The molecule has 1 fully saturated rings. The molecular formula is C29H29N7O2S. The first-order valence-corrected chi connectivity index (χ1v) is 13.9. The Kier molecular flexibility index (Phi) is 7.04. The Balaban J connectivity index is 1.23.